The molecule has 0 spiro atoms. The van der Waals surface area contributed by atoms with Crippen molar-refractivity contribution in [3.05, 3.63) is 36.0 Å². The van der Waals surface area contributed by atoms with Crippen LogP contribution in [0.25, 0.3) is 11.4 Å². The van der Waals surface area contributed by atoms with E-state index in [1.165, 1.54) is 0 Å². The van der Waals surface area contributed by atoms with E-state index in [0.29, 0.717) is 23.0 Å². The van der Waals surface area contributed by atoms with Crippen molar-refractivity contribution in [2.24, 2.45) is 0 Å². The maximum Gasteiger partial charge on any atom is 0.318 e. The molecule has 1 heterocycles. The van der Waals surface area contributed by atoms with Crippen LogP contribution < -0.4 is 16.4 Å². The maximum absolute atomic E-state index is 12.7. The second-order valence-electron chi connectivity index (χ2n) is 6.64. The van der Waals surface area contributed by atoms with Crippen molar-refractivity contribution in [3.63, 3.8) is 0 Å². The van der Waals surface area contributed by atoms with Gasteiger partial charge in [0.2, 0.25) is 0 Å². The largest absolute Gasteiger partial charge is 0.615 e. The zero-order valence-corrected chi connectivity index (χ0v) is 16.5. The van der Waals surface area contributed by atoms with Gasteiger partial charge >= 0.3 is 6.03 Å². The average molecular weight is 375 g/mol. The smallest absolute Gasteiger partial charge is 0.318 e. The Kier molecular flexibility index (Phi) is 6.09. The number of carbonyl (C=O) groups excluding carboxylic acids is 1. The molecule has 2 rings (SSSR count). The summed E-state index contributed by atoms with van der Waals surface area (Å²) in [5.41, 5.74) is 8.01. The molecule has 140 valence electrons. The first-order valence-electron chi connectivity index (χ1n) is 8.30. The van der Waals surface area contributed by atoms with Crippen molar-refractivity contribution >= 4 is 28.7 Å². The van der Waals surface area contributed by atoms with Gasteiger partial charge in [0.05, 0.1) is 0 Å². The Morgan fingerprint density at radius 3 is 2.38 bits per heavy atom. The molecule has 8 heteroatoms. The van der Waals surface area contributed by atoms with Gasteiger partial charge in [-0.25, -0.2) is 14.8 Å². The fourth-order valence-electron chi connectivity index (χ4n) is 2.49. The summed E-state index contributed by atoms with van der Waals surface area (Å²) in [6.45, 7) is 7.62. The predicted molar refractivity (Wildman–Crippen MR) is 106 cm³/mol. The number of amides is 2. The van der Waals surface area contributed by atoms with Gasteiger partial charge in [0.25, 0.3) is 0 Å². The summed E-state index contributed by atoms with van der Waals surface area (Å²) >= 11 is -1.12. The molecule has 7 nitrogen and oxygen atoms in total. The third-order valence-electron chi connectivity index (χ3n) is 3.92. The van der Waals surface area contributed by atoms with Crippen LogP contribution in [0, 0.1) is 0 Å². The molecule has 2 amide bonds. The number of anilines is 2. The van der Waals surface area contributed by atoms with E-state index in [1.54, 1.807) is 37.4 Å². The second kappa shape index (κ2) is 7.92. The molecule has 0 bridgehead atoms. The van der Waals surface area contributed by atoms with E-state index >= 15 is 0 Å². The van der Waals surface area contributed by atoms with Crippen LogP contribution in [0.4, 0.5) is 16.3 Å². The van der Waals surface area contributed by atoms with E-state index in [4.69, 9.17) is 5.73 Å². The first-order chi connectivity index (χ1) is 12.1. The number of urea groups is 1. The molecule has 4 N–H and O–H groups in total. The fraction of sp³-hybridized carbons (Fsp3) is 0.389. The minimum Gasteiger partial charge on any atom is -0.615 e. The average Bonchev–Trinajstić information content (AvgIpc) is 2.60. The highest BCUT2D eigenvalue weighted by Crippen LogP contribution is 2.33. The summed E-state index contributed by atoms with van der Waals surface area (Å²) in [5, 5.41) is 5.18. The molecule has 0 aliphatic rings. The summed E-state index contributed by atoms with van der Waals surface area (Å²) in [6, 6.07) is 8.50. The maximum atomic E-state index is 12.7. The van der Waals surface area contributed by atoms with Crippen molar-refractivity contribution in [3.8, 4) is 11.4 Å². The van der Waals surface area contributed by atoms with Gasteiger partial charge in [-0.05, 0) is 63.1 Å². The lowest BCUT2D eigenvalue weighted by molar-refractivity contribution is 0.254. The molecule has 1 unspecified atom stereocenters. The molecule has 1 aromatic carbocycles. The van der Waals surface area contributed by atoms with Crippen molar-refractivity contribution in [2.45, 2.75) is 37.7 Å². The number of benzene rings is 1. The van der Waals surface area contributed by atoms with E-state index in [1.807, 2.05) is 27.7 Å². The monoisotopic (exact) mass is 375 g/mol. The zero-order valence-electron chi connectivity index (χ0n) is 15.7. The van der Waals surface area contributed by atoms with Crippen LogP contribution in [0.3, 0.4) is 0 Å². The van der Waals surface area contributed by atoms with Crippen LogP contribution in [-0.2, 0) is 15.9 Å². The summed E-state index contributed by atoms with van der Waals surface area (Å²) in [4.78, 5) is 20.3. The first kappa shape index (κ1) is 20.0. The molecule has 0 radical (unpaired) electrons. The Hall–Kier alpha value is -2.32. The van der Waals surface area contributed by atoms with Gasteiger partial charge in [0, 0.05) is 24.4 Å². The number of nitrogen functional groups attached to an aromatic ring is 1. The Morgan fingerprint density at radius 1 is 1.23 bits per heavy atom. The fourth-order valence-corrected chi connectivity index (χ4v) is 3.98. The van der Waals surface area contributed by atoms with Gasteiger partial charge in [-0.3, -0.25) is 0 Å². The minimum absolute atomic E-state index is 0.000269. The Labute approximate surface area is 157 Å². The van der Waals surface area contributed by atoms with E-state index in [9.17, 15) is 9.35 Å². The molecule has 2 aromatic rings. The summed E-state index contributed by atoms with van der Waals surface area (Å²) in [6.07, 6.45) is 0. The normalized spacial score (nSPS) is 12.7. The summed E-state index contributed by atoms with van der Waals surface area (Å²) in [5.74, 6) is 0.784. The SMILES string of the molecule is CNC(=O)Nc1ccc(-c2nc(N)cc(C(C)(C)[S+]([O-])C(C)C)n2)cc1. The van der Waals surface area contributed by atoms with Gasteiger partial charge < -0.3 is 20.9 Å². The van der Waals surface area contributed by atoms with Crippen molar-refractivity contribution in [1.29, 1.82) is 0 Å². The van der Waals surface area contributed by atoms with Crippen molar-refractivity contribution < 1.29 is 9.35 Å². The van der Waals surface area contributed by atoms with E-state index in [0.717, 1.165) is 5.56 Å². The van der Waals surface area contributed by atoms with Crippen LogP contribution in [0.1, 0.15) is 33.4 Å². The van der Waals surface area contributed by atoms with Crippen LogP contribution >= 0.6 is 0 Å². The quantitative estimate of drug-likeness (QED) is 0.695. The third-order valence-corrected chi connectivity index (χ3v) is 5.99. The van der Waals surface area contributed by atoms with E-state index in [-0.39, 0.29) is 11.3 Å². The Bertz CT molecular complexity index is 778. The van der Waals surface area contributed by atoms with Gasteiger partial charge in [-0.1, -0.05) is 0 Å². The highest BCUT2D eigenvalue weighted by Gasteiger charge is 2.38. The molecule has 0 aliphatic heterocycles. The minimum atomic E-state index is -1.12. The number of nitrogens with two attached hydrogens (primary N) is 1. The van der Waals surface area contributed by atoms with Gasteiger partial charge in [0.1, 0.15) is 16.8 Å². The van der Waals surface area contributed by atoms with Crippen LogP contribution in [0.5, 0.6) is 0 Å². The number of hydrogen-bond acceptors (Lipinski definition) is 5. The van der Waals surface area contributed by atoms with Crippen molar-refractivity contribution in [1.82, 2.24) is 15.3 Å². The molecule has 0 saturated heterocycles. The summed E-state index contributed by atoms with van der Waals surface area (Å²) < 4.78 is 12.0. The molecular formula is C18H25N5O2S. The molecule has 0 aliphatic carbocycles. The number of carbonyl (C=O) groups is 1. The Morgan fingerprint density at radius 2 is 1.85 bits per heavy atom. The van der Waals surface area contributed by atoms with E-state index < -0.39 is 15.9 Å². The van der Waals surface area contributed by atoms with E-state index in [2.05, 4.69) is 20.6 Å². The van der Waals surface area contributed by atoms with Crippen LogP contribution in [0.2, 0.25) is 0 Å². The zero-order chi connectivity index (χ0) is 19.5. The lowest BCUT2D eigenvalue weighted by Crippen LogP contribution is -2.36. The highest BCUT2D eigenvalue weighted by atomic mass is 32.2. The molecule has 0 saturated carbocycles. The number of rotatable bonds is 5. The number of nitrogens with one attached hydrogen (secondary N) is 2. The summed E-state index contributed by atoms with van der Waals surface area (Å²) in [7, 11) is 1.55. The number of hydrogen-bond donors (Lipinski definition) is 3. The first-order valence-corrected chi connectivity index (χ1v) is 9.51. The molecule has 26 heavy (non-hydrogen) atoms. The van der Waals surface area contributed by atoms with Crippen LogP contribution in [0.15, 0.2) is 30.3 Å². The van der Waals surface area contributed by atoms with Crippen LogP contribution in [-0.4, -0.2) is 32.8 Å². The predicted octanol–water partition coefficient (Wildman–Crippen LogP) is 2.87. The number of aromatic nitrogens is 2. The number of nitrogens with zero attached hydrogens (tertiary/aromatic N) is 2. The molecule has 1 atom stereocenters. The lowest BCUT2D eigenvalue weighted by atomic mass is 10.1. The molecular weight excluding hydrogens is 350 g/mol. The third kappa shape index (κ3) is 4.44. The topological polar surface area (TPSA) is 116 Å². The van der Waals surface area contributed by atoms with Gasteiger partial charge in [0.15, 0.2) is 10.6 Å². The lowest BCUT2D eigenvalue weighted by Gasteiger charge is -2.31. The Balaban J connectivity index is 2.36. The molecule has 1 aromatic heterocycles. The molecule has 0 fully saturated rings. The second-order valence-corrected chi connectivity index (χ2v) is 9.20. The van der Waals surface area contributed by atoms with Gasteiger partial charge in [-0.15, -0.1) is 0 Å². The van der Waals surface area contributed by atoms with Gasteiger partial charge in [-0.2, -0.15) is 0 Å². The highest BCUT2D eigenvalue weighted by molar-refractivity contribution is 7.92. The standard InChI is InChI=1S/C18H25N5O2S/c1-11(2)26(25)18(3,4)14-10-15(19)23-16(22-14)12-6-8-13(9-7-12)21-17(24)20-5/h6-11H,1-5H3,(H2,19,22,23)(H2,20,21,24). The van der Waals surface area contributed by atoms with Crippen molar-refractivity contribution in [2.75, 3.05) is 18.1 Å².